The van der Waals surface area contributed by atoms with Crippen LogP contribution in [0, 0.1) is 6.92 Å². The Labute approximate surface area is 121 Å². The number of aryl methyl sites for hydroxylation is 1. The lowest BCUT2D eigenvalue weighted by Crippen LogP contribution is -2.30. The van der Waals surface area contributed by atoms with Crippen LogP contribution in [0.25, 0.3) is 0 Å². The predicted octanol–water partition coefficient (Wildman–Crippen LogP) is 2.54. The van der Waals surface area contributed by atoms with Gasteiger partial charge in [0.15, 0.2) is 5.84 Å². The molecule has 0 amide bonds. The van der Waals surface area contributed by atoms with E-state index < -0.39 is 3.79 Å². The smallest absolute Gasteiger partial charge is 0.247 e. The first kappa shape index (κ1) is 15.1. The minimum atomic E-state index is -1.77. The lowest BCUT2D eigenvalue weighted by atomic mass is 10.1. The van der Waals surface area contributed by atoms with Gasteiger partial charge < -0.3 is 11.5 Å². The van der Waals surface area contributed by atoms with E-state index in [1.165, 1.54) is 5.56 Å². The van der Waals surface area contributed by atoms with E-state index in [-0.39, 0.29) is 11.8 Å². The Morgan fingerprint density at radius 2 is 1.72 bits per heavy atom. The van der Waals surface area contributed by atoms with Crippen molar-refractivity contribution in [1.29, 1.82) is 0 Å². The summed E-state index contributed by atoms with van der Waals surface area (Å²) < 4.78 is -1.77. The van der Waals surface area contributed by atoms with Crippen LogP contribution in [0.1, 0.15) is 11.1 Å². The highest BCUT2D eigenvalue weighted by Gasteiger charge is 2.25. The first-order valence-corrected chi connectivity index (χ1v) is 6.19. The lowest BCUT2D eigenvalue weighted by molar-refractivity contribution is 1.05. The molecule has 0 bridgehead atoms. The van der Waals surface area contributed by atoms with Crippen molar-refractivity contribution in [2.45, 2.75) is 17.3 Å². The summed E-state index contributed by atoms with van der Waals surface area (Å²) in [5, 5.41) is 0. The molecule has 0 radical (unpaired) electrons. The van der Waals surface area contributed by atoms with Gasteiger partial charge in [-0.25, -0.2) is 4.99 Å². The maximum atomic E-state index is 5.56. The Morgan fingerprint density at radius 1 is 1.17 bits per heavy atom. The number of guanidine groups is 1. The molecule has 4 N–H and O–H groups in total. The van der Waals surface area contributed by atoms with Crippen molar-refractivity contribution >= 4 is 46.6 Å². The quantitative estimate of drug-likeness (QED) is 0.500. The molecule has 0 heterocycles. The number of hydrogen-bond donors (Lipinski definition) is 2. The largest absolute Gasteiger partial charge is 0.383 e. The Kier molecular flexibility index (Phi) is 5.26. The van der Waals surface area contributed by atoms with Crippen molar-refractivity contribution in [3.63, 3.8) is 0 Å². The van der Waals surface area contributed by atoms with Crippen LogP contribution in [-0.4, -0.2) is 15.6 Å². The summed E-state index contributed by atoms with van der Waals surface area (Å²) in [5.41, 5.74) is 13.2. The highest BCUT2D eigenvalue weighted by molar-refractivity contribution is 6.76. The zero-order chi connectivity index (χ0) is 13.8. The second-order valence-corrected chi connectivity index (χ2v) is 5.94. The molecule has 0 saturated heterocycles. The Morgan fingerprint density at radius 3 is 2.22 bits per heavy atom. The third-order valence-corrected chi connectivity index (χ3v) is 2.65. The van der Waals surface area contributed by atoms with Crippen molar-refractivity contribution in [1.82, 2.24) is 0 Å². The van der Waals surface area contributed by atoms with Crippen molar-refractivity contribution < 1.29 is 0 Å². The third-order valence-electron chi connectivity index (χ3n) is 2.07. The summed E-state index contributed by atoms with van der Waals surface area (Å²) in [5.74, 6) is -0.239. The molecule has 0 fully saturated rings. The molecular weight excluding hydrogens is 295 g/mol. The number of aliphatic imine (C=N–C) groups is 2. The fourth-order valence-electron chi connectivity index (χ4n) is 1.09. The Balaban J connectivity index is 2.71. The average molecular weight is 308 g/mol. The van der Waals surface area contributed by atoms with Crippen molar-refractivity contribution in [2.75, 3.05) is 0 Å². The molecule has 0 aromatic heterocycles. The normalized spacial score (nSPS) is 13.8. The highest BCUT2D eigenvalue weighted by Crippen LogP contribution is 2.25. The van der Waals surface area contributed by atoms with Crippen LogP contribution in [-0.2, 0) is 6.54 Å². The van der Waals surface area contributed by atoms with Crippen molar-refractivity contribution in [2.24, 2.45) is 21.5 Å². The lowest BCUT2D eigenvalue weighted by Gasteiger charge is -2.08. The molecule has 1 aromatic carbocycles. The summed E-state index contributed by atoms with van der Waals surface area (Å²) in [6.45, 7) is 2.40. The Bertz CT molecular complexity index is 460. The molecule has 0 saturated carbocycles. The maximum absolute atomic E-state index is 5.56. The second kappa shape index (κ2) is 6.27. The van der Waals surface area contributed by atoms with Gasteiger partial charge >= 0.3 is 0 Å². The molecule has 98 valence electrons. The molecule has 1 rings (SSSR count). The van der Waals surface area contributed by atoms with Crippen molar-refractivity contribution in [3.05, 3.63) is 35.4 Å². The second-order valence-electron chi connectivity index (χ2n) is 3.65. The Hall–Kier alpha value is -0.970. The van der Waals surface area contributed by atoms with E-state index in [2.05, 4.69) is 9.98 Å². The van der Waals surface area contributed by atoms with Crippen LogP contribution in [0.5, 0.6) is 0 Å². The van der Waals surface area contributed by atoms with Crippen LogP contribution in [0.3, 0.4) is 0 Å². The van der Waals surface area contributed by atoms with Gasteiger partial charge in [-0.2, -0.15) is 4.99 Å². The van der Waals surface area contributed by atoms with E-state index in [0.29, 0.717) is 6.54 Å². The first-order valence-electron chi connectivity index (χ1n) is 5.06. The first-order chi connectivity index (χ1) is 8.29. The van der Waals surface area contributed by atoms with Gasteiger partial charge in [0.25, 0.3) is 0 Å². The zero-order valence-corrected chi connectivity index (χ0v) is 12.0. The maximum Gasteiger partial charge on any atom is 0.247 e. The number of halogens is 3. The average Bonchev–Trinajstić information content (AvgIpc) is 2.27. The number of rotatable bonds is 2. The van der Waals surface area contributed by atoms with Gasteiger partial charge in [0.2, 0.25) is 9.75 Å². The molecule has 0 aliphatic rings. The molecule has 0 unspecified atom stereocenters. The molecular formula is C11H13Cl3N4. The van der Waals surface area contributed by atoms with Crippen molar-refractivity contribution in [3.8, 4) is 0 Å². The molecule has 18 heavy (non-hydrogen) atoms. The molecule has 0 atom stereocenters. The fourth-order valence-corrected chi connectivity index (χ4v) is 1.21. The van der Waals surface area contributed by atoms with E-state index in [4.69, 9.17) is 46.3 Å². The van der Waals surface area contributed by atoms with Gasteiger partial charge in [0.1, 0.15) is 0 Å². The molecule has 7 heteroatoms. The SMILES string of the molecule is Cc1ccc(CN=C(N)/N=C(\N)C(Cl)(Cl)Cl)cc1. The predicted molar refractivity (Wildman–Crippen MR) is 78.4 cm³/mol. The van der Waals surface area contributed by atoms with E-state index in [1.807, 2.05) is 31.2 Å². The minimum Gasteiger partial charge on any atom is -0.383 e. The summed E-state index contributed by atoms with van der Waals surface area (Å²) in [4.78, 5) is 7.74. The van der Waals surface area contributed by atoms with Gasteiger partial charge in [0, 0.05) is 0 Å². The van der Waals surface area contributed by atoms with E-state index >= 15 is 0 Å². The van der Waals surface area contributed by atoms with Gasteiger partial charge in [-0.3, -0.25) is 0 Å². The number of alkyl halides is 3. The zero-order valence-electron chi connectivity index (χ0n) is 9.70. The number of nitrogens with two attached hydrogens (primary N) is 2. The van der Waals surface area contributed by atoms with E-state index in [0.717, 1.165) is 5.56 Å². The summed E-state index contributed by atoms with van der Waals surface area (Å²) in [6, 6.07) is 7.88. The van der Waals surface area contributed by atoms with Crippen LogP contribution in [0.4, 0.5) is 0 Å². The van der Waals surface area contributed by atoms with Crippen LogP contribution < -0.4 is 11.5 Å². The van der Waals surface area contributed by atoms with E-state index in [9.17, 15) is 0 Å². The third kappa shape index (κ3) is 5.12. The number of amidine groups is 1. The minimum absolute atomic E-state index is 0.0283. The van der Waals surface area contributed by atoms with Gasteiger partial charge in [-0.05, 0) is 12.5 Å². The molecule has 0 aliphatic carbocycles. The van der Waals surface area contributed by atoms with Gasteiger partial charge in [-0.1, -0.05) is 64.6 Å². The summed E-state index contributed by atoms with van der Waals surface area (Å²) in [7, 11) is 0. The summed E-state index contributed by atoms with van der Waals surface area (Å²) >= 11 is 16.6. The number of hydrogen-bond acceptors (Lipinski definition) is 1. The van der Waals surface area contributed by atoms with Gasteiger partial charge in [-0.15, -0.1) is 0 Å². The molecule has 0 aliphatic heterocycles. The van der Waals surface area contributed by atoms with Gasteiger partial charge in [0.05, 0.1) is 6.54 Å². The highest BCUT2D eigenvalue weighted by atomic mass is 35.6. The van der Waals surface area contributed by atoms with Crippen LogP contribution in [0.15, 0.2) is 34.3 Å². The molecule has 1 aromatic rings. The summed E-state index contributed by atoms with van der Waals surface area (Å²) in [6.07, 6.45) is 0. The van der Waals surface area contributed by atoms with E-state index in [1.54, 1.807) is 0 Å². The monoisotopic (exact) mass is 306 g/mol. The number of nitrogens with zero attached hydrogens (tertiary/aromatic N) is 2. The van der Waals surface area contributed by atoms with Crippen LogP contribution >= 0.6 is 34.8 Å². The molecule has 0 spiro atoms. The standard InChI is InChI=1S/C11H13Cl3N4/c1-7-2-4-8(5-3-7)6-17-10(16)18-9(15)11(12,13)14/h2-5H,6H2,1H3,(H4,15,16,17,18). The topological polar surface area (TPSA) is 76.8 Å². The molecule has 4 nitrogen and oxygen atoms in total. The number of benzene rings is 1. The van der Waals surface area contributed by atoms with Crippen LogP contribution in [0.2, 0.25) is 0 Å². The fraction of sp³-hybridized carbons (Fsp3) is 0.273.